The molecule has 0 aliphatic rings. The molecule has 1 heterocycles. The van der Waals surface area contributed by atoms with Gasteiger partial charge < -0.3 is 4.74 Å². The number of nitrogens with one attached hydrogen (secondary N) is 1. The second-order valence-corrected chi connectivity index (χ2v) is 7.63. The van der Waals surface area contributed by atoms with E-state index in [0.29, 0.717) is 0 Å². The maximum atomic E-state index is 12.2. The lowest BCUT2D eigenvalue weighted by Gasteiger charge is -2.08. The predicted molar refractivity (Wildman–Crippen MR) is 85.9 cm³/mol. The average Bonchev–Trinajstić information content (AvgIpc) is 2.89. The third kappa shape index (κ3) is 4.27. The fourth-order valence-electron chi connectivity index (χ4n) is 1.57. The highest BCUT2D eigenvalue weighted by Gasteiger charge is 2.18. The van der Waals surface area contributed by atoms with Gasteiger partial charge in [-0.25, -0.2) is 13.4 Å². The molecule has 1 N–H and O–H groups in total. The van der Waals surface area contributed by atoms with Crippen molar-refractivity contribution >= 4 is 49.8 Å². The standard InChI is InChI=1S/C13H11ClN2O5S2/c1-7(17)21-9-5-3-4-8(11(9)14)12(18)16-13-15-10(6-22-13)23(2,19)20/h3-6H,1-2H3,(H,15,16,18). The molecule has 0 spiro atoms. The van der Waals surface area contributed by atoms with Gasteiger partial charge in [0.25, 0.3) is 5.91 Å². The monoisotopic (exact) mass is 374 g/mol. The van der Waals surface area contributed by atoms with Crippen LogP contribution in [0.4, 0.5) is 5.13 Å². The van der Waals surface area contributed by atoms with Gasteiger partial charge in [-0.3, -0.25) is 14.9 Å². The number of esters is 1. The number of rotatable bonds is 4. The first-order chi connectivity index (χ1) is 10.7. The minimum Gasteiger partial charge on any atom is -0.425 e. The molecular weight excluding hydrogens is 364 g/mol. The lowest BCUT2D eigenvalue weighted by Crippen LogP contribution is -2.13. The first-order valence-electron chi connectivity index (χ1n) is 6.12. The van der Waals surface area contributed by atoms with E-state index in [1.807, 2.05) is 0 Å². The number of hydrogen-bond acceptors (Lipinski definition) is 7. The molecule has 0 atom stereocenters. The Kier molecular flexibility index (Phi) is 5.03. The van der Waals surface area contributed by atoms with Crippen LogP contribution < -0.4 is 10.1 Å². The van der Waals surface area contributed by atoms with Crippen molar-refractivity contribution in [2.24, 2.45) is 0 Å². The maximum absolute atomic E-state index is 12.2. The molecule has 122 valence electrons. The molecule has 0 bridgehead atoms. The molecular formula is C13H11ClN2O5S2. The summed E-state index contributed by atoms with van der Waals surface area (Å²) >= 11 is 7.01. The minimum absolute atomic E-state index is 0.0277. The summed E-state index contributed by atoms with van der Waals surface area (Å²) in [5.74, 6) is -1.11. The number of nitrogens with zero attached hydrogens (tertiary/aromatic N) is 1. The number of anilines is 1. The van der Waals surface area contributed by atoms with Gasteiger partial charge in [0.1, 0.15) is 5.75 Å². The van der Waals surface area contributed by atoms with Gasteiger partial charge in [-0.1, -0.05) is 17.7 Å². The molecule has 2 rings (SSSR count). The number of benzene rings is 1. The predicted octanol–water partition coefficient (Wildman–Crippen LogP) is 2.38. The van der Waals surface area contributed by atoms with E-state index < -0.39 is 21.7 Å². The highest BCUT2D eigenvalue weighted by Crippen LogP contribution is 2.29. The Morgan fingerprint density at radius 2 is 2.04 bits per heavy atom. The normalized spacial score (nSPS) is 11.1. The van der Waals surface area contributed by atoms with Crippen LogP contribution in [0.3, 0.4) is 0 Å². The summed E-state index contributed by atoms with van der Waals surface area (Å²) < 4.78 is 27.6. The van der Waals surface area contributed by atoms with E-state index in [-0.39, 0.29) is 26.5 Å². The van der Waals surface area contributed by atoms with Crippen LogP contribution in [-0.2, 0) is 14.6 Å². The summed E-state index contributed by atoms with van der Waals surface area (Å²) in [6, 6.07) is 4.39. The average molecular weight is 375 g/mol. The largest absolute Gasteiger partial charge is 0.425 e. The quantitative estimate of drug-likeness (QED) is 0.651. The van der Waals surface area contributed by atoms with E-state index in [1.165, 1.54) is 30.5 Å². The van der Waals surface area contributed by atoms with Crippen LogP contribution in [-0.4, -0.2) is 31.5 Å². The Bertz CT molecular complexity index is 876. The highest BCUT2D eigenvalue weighted by molar-refractivity contribution is 7.90. The molecule has 7 nitrogen and oxygen atoms in total. The smallest absolute Gasteiger partial charge is 0.308 e. The van der Waals surface area contributed by atoms with Gasteiger partial charge in [0.05, 0.1) is 10.6 Å². The second-order valence-electron chi connectivity index (χ2n) is 4.43. The van der Waals surface area contributed by atoms with Crippen molar-refractivity contribution in [3.05, 3.63) is 34.2 Å². The third-order valence-corrected chi connectivity index (χ3v) is 4.81. The van der Waals surface area contributed by atoms with E-state index in [2.05, 4.69) is 10.3 Å². The van der Waals surface area contributed by atoms with Gasteiger partial charge in [0, 0.05) is 18.6 Å². The van der Waals surface area contributed by atoms with Crippen LogP contribution in [0.2, 0.25) is 5.02 Å². The number of thiazole rings is 1. The fraction of sp³-hybridized carbons (Fsp3) is 0.154. The molecule has 0 saturated heterocycles. The van der Waals surface area contributed by atoms with E-state index in [0.717, 1.165) is 17.6 Å². The van der Waals surface area contributed by atoms with Crippen molar-refractivity contribution in [1.82, 2.24) is 4.98 Å². The summed E-state index contributed by atoms with van der Waals surface area (Å²) in [7, 11) is -3.45. The van der Waals surface area contributed by atoms with Crippen LogP contribution in [0.1, 0.15) is 17.3 Å². The maximum Gasteiger partial charge on any atom is 0.308 e. The molecule has 2 aromatic rings. The van der Waals surface area contributed by atoms with Gasteiger partial charge in [-0.2, -0.15) is 0 Å². The molecule has 1 aromatic carbocycles. The molecule has 0 fully saturated rings. The van der Waals surface area contributed by atoms with E-state index in [9.17, 15) is 18.0 Å². The van der Waals surface area contributed by atoms with Crippen LogP contribution >= 0.6 is 22.9 Å². The topological polar surface area (TPSA) is 102 Å². The van der Waals surface area contributed by atoms with Crippen molar-refractivity contribution in [2.45, 2.75) is 11.9 Å². The van der Waals surface area contributed by atoms with Crippen molar-refractivity contribution in [3.63, 3.8) is 0 Å². The number of amides is 1. The number of sulfone groups is 1. The fourth-order valence-corrected chi connectivity index (χ4v) is 3.55. The van der Waals surface area contributed by atoms with Crippen molar-refractivity contribution in [1.29, 1.82) is 0 Å². The number of carbonyl (C=O) groups is 2. The molecule has 0 saturated carbocycles. The Morgan fingerprint density at radius 1 is 1.35 bits per heavy atom. The van der Waals surface area contributed by atoms with E-state index in [1.54, 1.807) is 0 Å². The van der Waals surface area contributed by atoms with Gasteiger partial charge >= 0.3 is 5.97 Å². The molecule has 10 heteroatoms. The zero-order valence-electron chi connectivity index (χ0n) is 12.0. The van der Waals surface area contributed by atoms with Crippen molar-refractivity contribution < 1.29 is 22.7 Å². The summed E-state index contributed by atoms with van der Waals surface area (Å²) in [5.41, 5.74) is 0.0709. The Labute approximate surface area is 141 Å². The third-order valence-electron chi connectivity index (χ3n) is 2.55. The summed E-state index contributed by atoms with van der Waals surface area (Å²) in [6.07, 6.45) is 1.02. The molecule has 0 aliphatic carbocycles. The van der Waals surface area contributed by atoms with Crippen molar-refractivity contribution in [3.8, 4) is 5.75 Å². The van der Waals surface area contributed by atoms with E-state index in [4.69, 9.17) is 16.3 Å². The number of halogens is 1. The van der Waals surface area contributed by atoms with Gasteiger partial charge in [0.2, 0.25) is 0 Å². The number of carbonyl (C=O) groups excluding carboxylic acids is 2. The van der Waals surface area contributed by atoms with Crippen molar-refractivity contribution in [2.75, 3.05) is 11.6 Å². The zero-order valence-corrected chi connectivity index (χ0v) is 14.4. The van der Waals surface area contributed by atoms with Crippen LogP contribution in [0.15, 0.2) is 28.6 Å². The summed E-state index contributed by atoms with van der Waals surface area (Å²) in [5, 5.41) is 3.73. The lowest BCUT2D eigenvalue weighted by molar-refractivity contribution is -0.131. The first kappa shape index (κ1) is 17.4. The van der Waals surface area contributed by atoms with Gasteiger partial charge in [-0.05, 0) is 12.1 Å². The molecule has 23 heavy (non-hydrogen) atoms. The SMILES string of the molecule is CC(=O)Oc1cccc(C(=O)Nc2nc(S(C)(=O)=O)cs2)c1Cl. The Hall–Kier alpha value is -1.97. The summed E-state index contributed by atoms with van der Waals surface area (Å²) in [4.78, 5) is 27.0. The van der Waals surface area contributed by atoms with Crippen LogP contribution in [0.5, 0.6) is 5.75 Å². The zero-order chi connectivity index (χ0) is 17.2. The summed E-state index contributed by atoms with van der Waals surface area (Å²) in [6.45, 7) is 1.21. The number of ether oxygens (including phenoxy) is 1. The van der Waals surface area contributed by atoms with Crippen LogP contribution in [0, 0.1) is 0 Å². The molecule has 0 radical (unpaired) electrons. The molecule has 1 amide bonds. The molecule has 0 aliphatic heterocycles. The number of hydrogen-bond donors (Lipinski definition) is 1. The number of aromatic nitrogens is 1. The Balaban J connectivity index is 2.24. The minimum atomic E-state index is -3.45. The highest BCUT2D eigenvalue weighted by atomic mass is 35.5. The lowest BCUT2D eigenvalue weighted by atomic mass is 10.2. The Morgan fingerprint density at radius 3 is 2.61 bits per heavy atom. The first-order valence-corrected chi connectivity index (χ1v) is 9.27. The van der Waals surface area contributed by atoms with Crippen LogP contribution in [0.25, 0.3) is 0 Å². The second kappa shape index (κ2) is 6.65. The van der Waals surface area contributed by atoms with E-state index >= 15 is 0 Å². The molecule has 1 aromatic heterocycles. The van der Waals surface area contributed by atoms with Gasteiger partial charge in [0.15, 0.2) is 20.0 Å². The molecule has 0 unspecified atom stereocenters. The van der Waals surface area contributed by atoms with Gasteiger partial charge in [-0.15, -0.1) is 11.3 Å².